The Labute approximate surface area is 120 Å². The lowest BCUT2D eigenvalue weighted by atomic mass is 10.2. The average molecular weight is 302 g/mol. The maximum atomic E-state index is 12.2. The van der Waals surface area contributed by atoms with Crippen LogP contribution >= 0.6 is 23.2 Å². The average Bonchev–Trinajstić information content (AvgIpc) is 3.10. The highest BCUT2D eigenvalue weighted by molar-refractivity contribution is 6.35. The number of anilines is 1. The molecule has 0 radical (unpaired) electrons. The molecule has 0 bridgehead atoms. The summed E-state index contributed by atoms with van der Waals surface area (Å²) in [5.41, 5.74) is 0.552. The van der Waals surface area contributed by atoms with Gasteiger partial charge in [-0.1, -0.05) is 23.2 Å². The number of halogens is 2. The van der Waals surface area contributed by atoms with Gasteiger partial charge in [-0.15, -0.1) is 0 Å². The third-order valence-corrected chi connectivity index (χ3v) is 3.34. The maximum absolute atomic E-state index is 12.2. The van der Waals surface area contributed by atoms with E-state index in [1.807, 2.05) is 0 Å². The number of amides is 1. The summed E-state index contributed by atoms with van der Waals surface area (Å²) in [4.78, 5) is 24.3. The molecular weight excluding hydrogens is 289 g/mol. The van der Waals surface area contributed by atoms with Crippen LogP contribution in [0.25, 0.3) is 0 Å². The third kappa shape index (κ3) is 3.85. The van der Waals surface area contributed by atoms with Gasteiger partial charge in [0.2, 0.25) is 5.91 Å². The molecular formula is C13H13Cl2NO3. The molecule has 1 aliphatic carbocycles. The number of rotatable bonds is 5. The zero-order valence-electron chi connectivity index (χ0n) is 10.1. The Kier molecular flexibility index (Phi) is 4.32. The molecule has 1 aromatic carbocycles. The van der Waals surface area contributed by atoms with Crippen LogP contribution in [-0.4, -0.2) is 23.5 Å². The lowest BCUT2D eigenvalue weighted by Crippen LogP contribution is -2.34. The molecule has 2 rings (SSSR count). The van der Waals surface area contributed by atoms with Gasteiger partial charge < -0.3 is 10.0 Å². The molecule has 0 heterocycles. The molecule has 1 aliphatic rings. The quantitative estimate of drug-likeness (QED) is 0.908. The van der Waals surface area contributed by atoms with Crippen LogP contribution in [0.2, 0.25) is 10.0 Å². The van der Waals surface area contributed by atoms with E-state index in [0.717, 1.165) is 12.8 Å². The fraction of sp³-hybridized carbons (Fsp3) is 0.385. The molecule has 4 nitrogen and oxygen atoms in total. The predicted octanol–water partition coefficient (Wildman–Crippen LogP) is 3.21. The van der Waals surface area contributed by atoms with E-state index < -0.39 is 5.97 Å². The number of hydrogen-bond donors (Lipinski definition) is 1. The van der Waals surface area contributed by atoms with E-state index in [1.54, 1.807) is 18.2 Å². The summed E-state index contributed by atoms with van der Waals surface area (Å²) in [6, 6.07) is 4.81. The van der Waals surface area contributed by atoms with Crippen LogP contribution in [0.1, 0.15) is 19.3 Å². The Hall–Kier alpha value is -1.26. The second-order valence-electron chi connectivity index (χ2n) is 4.54. The molecule has 0 aliphatic heterocycles. The minimum atomic E-state index is -0.943. The van der Waals surface area contributed by atoms with E-state index in [2.05, 4.69) is 0 Å². The van der Waals surface area contributed by atoms with Gasteiger partial charge in [0.25, 0.3) is 0 Å². The summed E-state index contributed by atoms with van der Waals surface area (Å²) >= 11 is 11.8. The van der Waals surface area contributed by atoms with Gasteiger partial charge >= 0.3 is 5.97 Å². The minimum absolute atomic E-state index is 0.00607. The van der Waals surface area contributed by atoms with Gasteiger partial charge in [-0.2, -0.15) is 0 Å². The summed E-state index contributed by atoms with van der Waals surface area (Å²) in [7, 11) is 0. The molecule has 19 heavy (non-hydrogen) atoms. The number of benzene rings is 1. The first-order valence-electron chi connectivity index (χ1n) is 5.96. The number of carbonyl (C=O) groups excluding carboxylic acids is 1. The van der Waals surface area contributed by atoms with E-state index in [0.29, 0.717) is 15.7 Å². The van der Waals surface area contributed by atoms with Crippen LogP contribution in [0.5, 0.6) is 0 Å². The normalized spacial score (nSPS) is 14.2. The zero-order valence-corrected chi connectivity index (χ0v) is 11.6. The summed E-state index contributed by atoms with van der Waals surface area (Å²) in [5.74, 6) is -0.993. The standard InChI is InChI=1S/C13H13Cl2NO3/c14-9-5-10(15)7-11(6-9)16(4-3-12(17)18)13(19)8-1-2-8/h5-8H,1-4H2,(H,17,18). The molecule has 0 atom stereocenters. The van der Waals surface area contributed by atoms with Gasteiger partial charge in [-0.3, -0.25) is 9.59 Å². The number of carbonyl (C=O) groups is 2. The Balaban J connectivity index is 2.24. The van der Waals surface area contributed by atoms with Crippen LogP contribution in [0, 0.1) is 5.92 Å². The number of aliphatic carboxylic acids is 1. The summed E-state index contributed by atoms with van der Waals surface area (Å²) in [6.07, 6.45) is 1.61. The minimum Gasteiger partial charge on any atom is -0.481 e. The molecule has 1 N–H and O–H groups in total. The smallest absolute Gasteiger partial charge is 0.305 e. The molecule has 1 fully saturated rings. The van der Waals surface area contributed by atoms with Crippen LogP contribution < -0.4 is 4.90 Å². The molecule has 0 spiro atoms. The van der Waals surface area contributed by atoms with E-state index in [4.69, 9.17) is 28.3 Å². The van der Waals surface area contributed by atoms with Crippen LogP contribution in [0.4, 0.5) is 5.69 Å². The van der Waals surface area contributed by atoms with E-state index in [-0.39, 0.29) is 24.8 Å². The number of carboxylic acid groups (broad SMARTS) is 1. The first-order valence-corrected chi connectivity index (χ1v) is 6.72. The van der Waals surface area contributed by atoms with E-state index in [1.165, 1.54) is 4.90 Å². The van der Waals surface area contributed by atoms with Crippen molar-refractivity contribution in [3.8, 4) is 0 Å². The fourth-order valence-electron chi connectivity index (χ4n) is 1.82. The van der Waals surface area contributed by atoms with Gasteiger partial charge in [0, 0.05) is 28.2 Å². The number of hydrogen-bond acceptors (Lipinski definition) is 2. The molecule has 1 aromatic rings. The van der Waals surface area contributed by atoms with Crippen molar-refractivity contribution in [2.45, 2.75) is 19.3 Å². The van der Waals surface area contributed by atoms with Gasteiger partial charge in [-0.25, -0.2) is 0 Å². The van der Waals surface area contributed by atoms with Crippen molar-refractivity contribution < 1.29 is 14.7 Å². The van der Waals surface area contributed by atoms with Crippen LogP contribution in [0.3, 0.4) is 0 Å². The molecule has 0 saturated heterocycles. The first-order chi connectivity index (χ1) is 8.97. The number of nitrogens with zero attached hydrogens (tertiary/aromatic N) is 1. The molecule has 0 unspecified atom stereocenters. The topological polar surface area (TPSA) is 57.6 Å². The lowest BCUT2D eigenvalue weighted by molar-refractivity contribution is -0.136. The lowest BCUT2D eigenvalue weighted by Gasteiger charge is -2.22. The summed E-state index contributed by atoms with van der Waals surface area (Å²) in [6.45, 7) is 0.126. The van der Waals surface area contributed by atoms with E-state index in [9.17, 15) is 9.59 Å². The van der Waals surface area contributed by atoms with Crippen LogP contribution in [-0.2, 0) is 9.59 Å². The van der Waals surface area contributed by atoms with Crippen molar-refractivity contribution >= 4 is 40.8 Å². The van der Waals surface area contributed by atoms with Crippen LogP contribution in [0.15, 0.2) is 18.2 Å². The molecule has 6 heteroatoms. The monoisotopic (exact) mass is 301 g/mol. The van der Waals surface area contributed by atoms with Crippen molar-refractivity contribution in [2.75, 3.05) is 11.4 Å². The summed E-state index contributed by atoms with van der Waals surface area (Å²) < 4.78 is 0. The Morgan fingerprint density at radius 2 is 1.79 bits per heavy atom. The van der Waals surface area contributed by atoms with Gasteiger partial charge in [0.15, 0.2) is 0 Å². The van der Waals surface area contributed by atoms with E-state index >= 15 is 0 Å². The molecule has 1 amide bonds. The van der Waals surface area contributed by atoms with Crippen molar-refractivity contribution in [3.05, 3.63) is 28.2 Å². The number of carboxylic acids is 1. The van der Waals surface area contributed by atoms with Crippen molar-refractivity contribution in [1.29, 1.82) is 0 Å². The maximum Gasteiger partial charge on any atom is 0.305 e. The SMILES string of the molecule is O=C(O)CCN(C(=O)C1CC1)c1cc(Cl)cc(Cl)c1. The van der Waals surface area contributed by atoms with Gasteiger partial charge in [0.1, 0.15) is 0 Å². The summed E-state index contributed by atoms with van der Waals surface area (Å²) in [5, 5.41) is 9.61. The highest BCUT2D eigenvalue weighted by Gasteiger charge is 2.34. The first kappa shape index (κ1) is 14.2. The van der Waals surface area contributed by atoms with Gasteiger partial charge in [0.05, 0.1) is 6.42 Å². The Morgan fingerprint density at radius 1 is 1.21 bits per heavy atom. The molecule has 102 valence electrons. The molecule has 0 aromatic heterocycles. The largest absolute Gasteiger partial charge is 0.481 e. The van der Waals surface area contributed by atoms with Crippen molar-refractivity contribution in [2.24, 2.45) is 5.92 Å². The highest BCUT2D eigenvalue weighted by atomic mass is 35.5. The predicted molar refractivity (Wildman–Crippen MR) is 73.8 cm³/mol. The Bertz CT molecular complexity index is 494. The second-order valence-corrected chi connectivity index (χ2v) is 5.41. The molecule has 1 saturated carbocycles. The zero-order chi connectivity index (χ0) is 14.0. The highest BCUT2D eigenvalue weighted by Crippen LogP contribution is 2.34. The van der Waals surface area contributed by atoms with Crippen molar-refractivity contribution in [3.63, 3.8) is 0 Å². The fourth-order valence-corrected chi connectivity index (χ4v) is 2.33. The Morgan fingerprint density at radius 3 is 2.26 bits per heavy atom. The second kappa shape index (κ2) is 5.80. The van der Waals surface area contributed by atoms with Crippen molar-refractivity contribution in [1.82, 2.24) is 0 Å². The third-order valence-electron chi connectivity index (χ3n) is 2.90. The van der Waals surface area contributed by atoms with Gasteiger partial charge in [-0.05, 0) is 31.0 Å².